The minimum Gasteiger partial charge on any atom is -0.324 e. The Morgan fingerprint density at radius 1 is 1.07 bits per heavy atom. The zero-order chi connectivity index (χ0) is 21.1. The zero-order valence-electron chi connectivity index (χ0n) is 16.8. The van der Waals surface area contributed by atoms with Crippen LogP contribution in [0, 0.1) is 26.7 Å². The van der Waals surface area contributed by atoms with Crippen molar-refractivity contribution in [2.75, 3.05) is 5.32 Å². The molecule has 0 saturated heterocycles. The van der Waals surface area contributed by atoms with Crippen molar-refractivity contribution in [3.63, 3.8) is 0 Å². The second-order valence-electron chi connectivity index (χ2n) is 7.20. The predicted octanol–water partition coefficient (Wildman–Crippen LogP) is 4.71. The Bertz CT molecular complexity index is 956. The van der Waals surface area contributed by atoms with Crippen molar-refractivity contribution in [3.05, 3.63) is 57.6 Å². The highest BCUT2D eigenvalue weighted by molar-refractivity contribution is 9.10. The molecule has 7 heteroatoms. The molecule has 0 heterocycles. The van der Waals surface area contributed by atoms with E-state index >= 15 is 0 Å². The molecule has 0 fully saturated rings. The number of hydrogen-bond acceptors (Lipinski definition) is 3. The van der Waals surface area contributed by atoms with E-state index in [0.29, 0.717) is 12.1 Å². The van der Waals surface area contributed by atoms with Crippen molar-refractivity contribution in [3.8, 4) is 0 Å². The summed E-state index contributed by atoms with van der Waals surface area (Å²) >= 11 is 3.46. The van der Waals surface area contributed by atoms with Gasteiger partial charge in [-0.2, -0.15) is 4.72 Å². The van der Waals surface area contributed by atoms with Crippen LogP contribution >= 0.6 is 15.9 Å². The van der Waals surface area contributed by atoms with Crippen LogP contribution in [-0.2, 0) is 14.8 Å². The highest BCUT2D eigenvalue weighted by Crippen LogP contribution is 2.27. The van der Waals surface area contributed by atoms with Gasteiger partial charge in [0.25, 0.3) is 0 Å². The van der Waals surface area contributed by atoms with E-state index in [2.05, 4.69) is 26.0 Å². The lowest BCUT2D eigenvalue weighted by Gasteiger charge is -2.24. The Morgan fingerprint density at radius 3 is 2.21 bits per heavy atom. The summed E-state index contributed by atoms with van der Waals surface area (Å²) in [5.74, 6) is -0.556. The summed E-state index contributed by atoms with van der Waals surface area (Å²) in [6, 6.07) is 9.48. The lowest BCUT2D eigenvalue weighted by atomic mass is 9.99. The molecule has 0 aliphatic rings. The van der Waals surface area contributed by atoms with Crippen LogP contribution in [0.2, 0.25) is 0 Å². The Morgan fingerprint density at radius 2 is 1.64 bits per heavy atom. The summed E-state index contributed by atoms with van der Waals surface area (Å²) in [4.78, 5) is 13.1. The van der Waals surface area contributed by atoms with Crippen LogP contribution in [0.1, 0.15) is 37.0 Å². The van der Waals surface area contributed by atoms with Crippen LogP contribution in [0.15, 0.2) is 45.8 Å². The molecule has 0 saturated carbocycles. The lowest BCUT2D eigenvalue weighted by molar-refractivity contribution is -0.118. The largest absolute Gasteiger partial charge is 0.324 e. The van der Waals surface area contributed by atoms with Gasteiger partial charge in [0.15, 0.2) is 0 Å². The number of sulfonamides is 1. The van der Waals surface area contributed by atoms with Crippen molar-refractivity contribution in [2.45, 2.75) is 52.0 Å². The first-order valence-corrected chi connectivity index (χ1v) is 11.5. The quantitative estimate of drug-likeness (QED) is 0.620. The summed E-state index contributed by atoms with van der Waals surface area (Å²) in [6.07, 6.45) is 0.655. The van der Waals surface area contributed by atoms with Gasteiger partial charge in [0.05, 0.1) is 10.6 Å². The number of anilines is 1. The van der Waals surface area contributed by atoms with Crippen molar-refractivity contribution >= 4 is 37.5 Å². The number of hydrogen-bond donors (Lipinski definition) is 2. The van der Waals surface area contributed by atoms with Crippen molar-refractivity contribution in [2.24, 2.45) is 5.92 Å². The van der Waals surface area contributed by atoms with Gasteiger partial charge < -0.3 is 5.32 Å². The molecule has 0 aliphatic carbocycles. The molecule has 2 aromatic rings. The van der Waals surface area contributed by atoms with E-state index < -0.39 is 16.1 Å². The van der Waals surface area contributed by atoms with Crippen molar-refractivity contribution in [1.82, 2.24) is 4.72 Å². The van der Waals surface area contributed by atoms with E-state index in [1.54, 1.807) is 24.3 Å². The van der Waals surface area contributed by atoms with Gasteiger partial charge in [-0.15, -0.1) is 0 Å². The Kier molecular flexibility index (Phi) is 7.42. The summed E-state index contributed by atoms with van der Waals surface area (Å²) in [6.45, 7) is 9.63. The minimum atomic E-state index is -3.82. The molecule has 0 unspecified atom stereocenters. The van der Waals surface area contributed by atoms with Gasteiger partial charge in [0.2, 0.25) is 15.9 Å². The third kappa shape index (κ3) is 5.43. The maximum absolute atomic E-state index is 13.0. The summed E-state index contributed by atoms with van der Waals surface area (Å²) in [7, 11) is -3.82. The monoisotopic (exact) mass is 466 g/mol. The maximum Gasteiger partial charge on any atom is 0.242 e. The summed E-state index contributed by atoms with van der Waals surface area (Å²) in [5.41, 5.74) is 3.73. The highest BCUT2D eigenvalue weighted by atomic mass is 79.9. The topological polar surface area (TPSA) is 75.3 Å². The normalized spacial score (nSPS) is 13.8. The first-order valence-electron chi connectivity index (χ1n) is 9.21. The van der Waals surface area contributed by atoms with Gasteiger partial charge in [-0.05, 0) is 78.0 Å². The van der Waals surface area contributed by atoms with E-state index in [-0.39, 0.29) is 16.7 Å². The molecular formula is C21H27BrN2O3S. The minimum absolute atomic E-state index is 0.145. The molecule has 0 spiro atoms. The van der Waals surface area contributed by atoms with Crippen LogP contribution in [-0.4, -0.2) is 20.4 Å². The fourth-order valence-electron chi connectivity index (χ4n) is 2.70. The van der Waals surface area contributed by atoms with E-state index in [1.807, 2.05) is 46.8 Å². The zero-order valence-corrected chi connectivity index (χ0v) is 19.2. The molecule has 2 atom stereocenters. The van der Waals surface area contributed by atoms with Gasteiger partial charge in [0.1, 0.15) is 6.04 Å². The van der Waals surface area contributed by atoms with E-state index in [0.717, 1.165) is 21.2 Å². The standard InChI is InChI=1S/C21H27BrN2O3S/c1-6-14(3)20(24-28(26,27)17-9-7-13(2)8-10-17)21(25)23-19-12-16(5)15(4)11-18(19)22/h7-12,14,20,24H,6H2,1-5H3,(H,23,25)/t14-,20+/m1/s1. The third-order valence-electron chi connectivity index (χ3n) is 4.95. The molecule has 1 amide bonds. The molecule has 2 N–H and O–H groups in total. The maximum atomic E-state index is 13.0. The second kappa shape index (κ2) is 9.20. The molecule has 2 rings (SSSR count). The summed E-state index contributed by atoms with van der Waals surface area (Å²) < 4.78 is 28.9. The van der Waals surface area contributed by atoms with Gasteiger partial charge in [-0.1, -0.05) is 38.0 Å². The molecule has 152 valence electrons. The smallest absolute Gasteiger partial charge is 0.242 e. The first kappa shape index (κ1) is 22.6. The third-order valence-corrected chi connectivity index (χ3v) is 7.06. The molecule has 5 nitrogen and oxygen atoms in total. The average molecular weight is 467 g/mol. The number of rotatable bonds is 7. The number of aryl methyl sites for hydroxylation is 3. The van der Waals surface area contributed by atoms with Crippen LogP contribution in [0.5, 0.6) is 0 Å². The SMILES string of the molecule is CC[C@@H](C)[C@H](NS(=O)(=O)c1ccc(C)cc1)C(=O)Nc1cc(C)c(C)cc1Br. The number of benzene rings is 2. The molecule has 0 aliphatic heterocycles. The molecule has 0 bridgehead atoms. The van der Waals surface area contributed by atoms with Gasteiger partial charge in [-0.25, -0.2) is 8.42 Å². The number of nitrogens with one attached hydrogen (secondary N) is 2. The van der Waals surface area contributed by atoms with Crippen molar-refractivity contribution in [1.29, 1.82) is 0 Å². The fourth-order valence-corrected chi connectivity index (χ4v) is 4.56. The van der Waals surface area contributed by atoms with Crippen LogP contribution in [0.3, 0.4) is 0 Å². The number of carbonyl (C=O) groups excluding carboxylic acids is 1. The number of amides is 1. The number of carbonyl (C=O) groups is 1. The van der Waals surface area contributed by atoms with Crippen LogP contribution in [0.4, 0.5) is 5.69 Å². The predicted molar refractivity (Wildman–Crippen MR) is 117 cm³/mol. The fraction of sp³-hybridized carbons (Fsp3) is 0.381. The van der Waals surface area contributed by atoms with E-state index in [4.69, 9.17) is 0 Å². The molecule has 0 aromatic heterocycles. The van der Waals surface area contributed by atoms with Gasteiger partial charge in [0, 0.05) is 4.47 Å². The average Bonchev–Trinajstić information content (AvgIpc) is 2.63. The second-order valence-corrected chi connectivity index (χ2v) is 9.77. The first-order chi connectivity index (χ1) is 13.0. The van der Waals surface area contributed by atoms with Crippen molar-refractivity contribution < 1.29 is 13.2 Å². The summed E-state index contributed by atoms with van der Waals surface area (Å²) in [5, 5.41) is 2.86. The van der Waals surface area contributed by atoms with E-state index in [9.17, 15) is 13.2 Å². The van der Waals surface area contributed by atoms with Gasteiger partial charge >= 0.3 is 0 Å². The molecule has 28 heavy (non-hydrogen) atoms. The van der Waals surface area contributed by atoms with Gasteiger partial charge in [-0.3, -0.25) is 4.79 Å². The van der Waals surface area contributed by atoms with Crippen LogP contribution < -0.4 is 10.0 Å². The van der Waals surface area contributed by atoms with E-state index in [1.165, 1.54) is 0 Å². The lowest BCUT2D eigenvalue weighted by Crippen LogP contribution is -2.47. The molecule has 0 radical (unpaired) electrons. The Balaban J connectivity index is 2.29. The van der Waals surface area contributed by atoms with Crippen LogP contribution in [0.25, 0.3) is 0 Å². The number of halogens is 1. The molecule has 2 aromatic carbocycles. The Hall–Kier alpha value is -1.70. The molecular weight excluding hydrogens is 440 g/mol. The Labute approximate surface area is 176 Å². The highest BCUT2D eigenvalue weighted by Gasteiger charge is 2.30.